The van der Waals surface area contributed by atoms with Gasteiger partial charge in [-0.15, -0.1) is 0 Å². The summed E-state index contributed by atoms with van der Waals surface area (Å²) in [6.07, 6.45) is 1.91. The molecule has 0 bridgehead atoms. The lowest BCUT2D eigenvalue weighted by atomic mass is 10.1. The average molecular weight is 187 g/mol. The molecule has 0 saturated carbocycles. The second kappa shape index (κ2) is 5.07. The van der Waals surface area contributed by atoms with Gasteiger partial charge in [-0.1, -0.05) is 0 Å². The van der Waals surface area contributed by atoms with Crippen LogP contribution in [0.25, 0.3) is 0 Å². The Hall–Kier alpha value is -0.770. The smallest absolute Gasteiger partial charge is 0.407 e. The third-order valence-electron chi connectivity index (χ3n) is 2.14. The lowest BCUT2D eigenvalue weighted by Crippen LogP contribution is -2.41. The SMILES string of the molecule is CCOC(=O)N[C@H](C)[C@@H]1CCCO1. The molecule has 0 aromatic rings. The van der Waals surface area contributed by atoms with Crippen molar-refractivity contribution >= 4 is 6.09 Å². The van der Waals surface area contributed by atoms with E-state index < -0.39 is 0 Å². The van der Waals surface area contributed by atoms with Crippen molar-refractivity contribution in [3.05, 3.63) is 0 Å². The zero-order valence-corrected chi connectivity index (χ0v) is 8.21. The van der Waals surface area contributed by atoms with E-state index in [1.807, 2.05) is 6.92 Å². The molecule has 0 spiro atoms. The first-order valence-electron chi connectivity index (χ1n) is 4.79. The standard InChI is InChI=1S/C9H17NO3/c1-3-12-9(11)10-7(2)8-5-4-6-13-8/h7-8H,3-6H2,1-2H3,(H,10,11)/t7-,8+/m1/s1. The van der Waals surface area contributed by atoms with Crippen LogP contribution in [0.15, 0.2) is 0 Å². The van der Waals surface area contributed by atoms with Gasteiger partial charge in [-0.2, -0.15) is 0 Å². The van der Waals surface area contributed by atoms with Crippen molar-refractivity contribution in [2.75, 3.05) is 13.2 Å². The Morgan fingerprint density at radius 3 is 3.08 bits per heavy atom. The van der Waals surface area contributed by atoms with Gasteiger partial charge in [-0.05, 0) is 26.7 Å². The molecule has 4 heteroatoms. The number of nitrogens with one attached hydrogen (secondary N) is 1. The Balaban J connectivity index is 2.22. The molecule has 0 radical (unpaired) electrons. The third kappa shape index (κ3) is 3.22. The van der Waals surface area contributed by atoms with E-state index in [0.717, 1.165) is 19.4 Å². The van der Waals surface area contributed by atoms with Gasteiger partial charge in [0.25, 0.3) is 0 Å². The molecule has 1 heterocycles. The van der Waals surface area contributed by atoms with Crippen molar-refractivity contribution in [1.29, 1.82) is 0 Å². The molecule has 2 atom stereocenters. The molecule has 0 aromatic carbocycles. The summed E-state index contributed by atoms with van der Waals surface area (Å²) < 4.78 is 10.2. The van der Waals surface area contributed by atoms with Crippen molar-refractivity contribution in [3.63, 3.8) is 0 Å². The Labute approximate surface area is 78.6 Å². The van der Waals surface area contributed by atoms with Gasteiger partial charge in [0.05, 0.1) is 18.8 Å². The van der Waals surface area contributed by atoms with E-state index in [0.29, 0.717) is 6.61 Å². The van der Waals surface area contributed by atoms with Crippen molar-refractivity contribution in [2.24, 2.45) is 0 Å². The molecule has 1 fully saturated rings. The predicted molar refractivity (Wildman–Crippen MR) is 48.6 cm³/mol. The summed E-state index contributed by atoms with van der Waals surface area (Å²) in [5.74, 6) is 0. The highest BCUT2D eigenvalue weighted by molar-refractivity contribution is 5.67. The van der Waals surface area contributed by atoms with Crippen LogP contribution < -0.4 is 5.32 Å². The highest BCUT2D eigenvalue weighted by atomic mass is 16.5. The highest BCUT2D eigenvalue weighted by Crippen LogP contribution is 2.15. The monoisotopic (exact) mass is 187 g/mol. The first-order valence-corrected chi connectivity index (χ1v) is 4.79. The number of rotatable bonds is 3. The summed E-state index contributed by atoms with van der Waals surface area (Å²) in [5.41, 5.74) is 0. The zero-order valence-electron chi connectivity index (χ0n) is 8.21. The Kier molecular flexibility index (Phi) is 4.02. The molecule has 1 saturated heterocycles. The fraction of sp³-hybridized carbons (Fsp3) is 0.889. The first kappa shape index (κ1) is 10.3. The van der Waals surface area contributed by atoms with Crippen LogP contribution in [0.1, 0.15) is 26.7 Å². The van der Waals surface area contributed by atoms with Crippen molar-refractivity contribution in [1.82, 2.24) is 5.32 Å². The maximum Gasteiger partial charge on any atom is 0.407 e. The summed E-state index contributed by atoms with van der Waals surface area (Å²) in [6, 6.07) is 0.0431. The molecular formula is C9H17NO3. The Bertz CT molecular complexity index is 166. The van der Waals surface area contributed by atoms with E-state index in [4.69, 9.17) is 9.47 Å². The van der Waals surface area contributed by atoms with Crippen LogP contribution in [0.4, 0.5) is 4.79 Å². The molecular weight excluding hydrogens is 170 g/mol. The topological polar surface area (TPSA) is 47.6 Å². The largest absolute Gasteiger partial charge is 0.450 e. The van der Waals surface area contributed by atoms with E-state index in [-0.39, 0.29) is 18.2 Å². The van der Waals surface area contributed by atoms with Gasteiger partial charge in [0, 0.05) is 6.61 Å². The van der Waals surface area contributed by atoms with Crippen molar-refractivity contribution < 1.29 is 14.3 Å². The van der Waals surface area contributed by atoms with Crippen molar-refractivity contribution in [2.45, 2.75) is 38.8 Å². The van der Waals surface area contributed by atoms with Crippen LogP contribution >= 0.6 is 0 Å². The minimum absolute atomic E-state index is 0.0431. The van der Waals surface area contributed by atoms with Crippen LogP contribution in [-0.2, 0) is 9.47 Å². The number of ether oxygens (including phenoxy) is 2. The molecule has 1 N–H and O–H groups in total. The number of hydrogen-bond acceptors (Lipinski definition) is 3. The molecule has 1 aliphatic heterocycles. The molecule has 76 valence electrons. The van der Waals surface area contributed by atoms with Gasteiger partial charge < -0.3 is 14.8 Å². The molecule has 0 aliphatic carbocycles. The maximum absolute atomic E-state index is 11.0. The normalized spacial score (nSPS) is 24.0. The minimum Gasteiger partial charge on any atom is -0.450 e. The van der Waals surface area contributed by atoms with E-state index in [9.17, 15) is 4.79 Å². The second-order valence-corrected chi connectivity index (χ2v) is 3.20. The van der Waals surface area contributed by atoms with Crippen LogP contribution in [0, 0.1) is 0 Å². The lowest BCUT2D eigenvalue weighted by molar-refractivity contribution is 0.0777. The fourth-order valence-electron chi connectivity index (χ4n) is 1.45. The molecule has 1 aliphatic rings. The maximum atomic E-state index is 11.0. The zero-order chi connectivity index (χ0) is 9.68. The summed E-state index contributed by atoms with van der Waals surface area (Å²) in [7, 11) is 0. The minimum atomic E-state index is -0.356. The van der Waals surface area contributed by atoms with Gasteiger partial charge in [0.2, 0.25) is 0 Å². The van der Waals surface area contributed by atoms with Gasteiger partial charge >= 0.3 is 6.09 Å². The highest BCUT2D eigenvalue weighted by Gasteiger charge is 2.23. The van der Waals surface area contributed by atoms with Gasteiger partial charge in [0.15, 0.2) is 0 Å². The number of amides is 1. The lowest BCUT2D eigenvalue weighted by Gasteiger charge is -2.19. The molecule has 1 amide bonds. The first-order chi connectivity index (χ1) is 6.24. The van der Waals surface area contributed by atoms with Crippen LogP contribution in [0.5, 0.6) is 0 Å². The Morgan fingerprint density at radius 2 is 2.54 bits per heavy atom. The summed E-state index contributed by atoms with van der Waals surface area (Å²) in [5, 5.41) is 2.74. The molecule has 1 rings (SSSR count). The average Bonchev–Trinajstić information content (AvgIpc) is 2.55. The molecule has 13 heavy (non-hydrogen) atoms. The van der Waals surface area contributed by atoms with Crippen LogP contribution in [0.3, 0.4) is 0 Å². The summed E-state index contributed by atoms with van der Waals surface area (Å²) in [6.45, 7) is 4.94. The number of carbonyl (C=O) groups is 1. The summed E-state index contributed by atoms with van der Waals surface area (Å²) >= 11 is 0. The fourth-order valence-corrected chi connectivity index (χ4v) is 1.45. The van der Waals surface area contributed by atoms with Crippen LogP contribution in [-0.4, -0.2) is 31.5 Å². The van der Waals surface area contributed by atoms with Gasteiger partial charge in [-0.25, -0.2) is 4.79 Å². The second-order valence-electron chi connectivity index (χ2n) is 3.20. The number of alkyl carbamates (subject to hydrolysis) is 1. The van der Waals surface area contributed by atoms with Gasteiger partial charge in [0.1, 0.15) is 0 Å². The third-order valence-corrected chi connectivity index (χ3v) is 2.14. The molecule has 0 unspecified atom stereocenters. The van der Waals surface area contributed by atoms with E-state index >= 15 is 0 Å². The van der Waals surface area contributed by atoms with Crippen molar-refractivity contribution in [3.8, 4) is 0 Å². The van der Waals surface area contributed by atoms with Gasteiger partial charge in [-0.3, -0.25) is 0 Å². The number of hydrogen-bond donors (Lipinski definition) is 1. The Morgan fingerprint density at radius 1 is 1.77 bits per heavy atom. The van der Waals surface area contributed by atoms with E-state index in [2.05, 4.69) is 5.32 Å². The quantitative estimate of drug-likeness (QED) is 0.724. The molecule has 4 nitrogen and oxygen atoms in total. The van der Waals surface area contributed by atoms with E-state index in [1.165, 1.54) is 0 Å². The van der Waals surface area contributed by atoms with Crippen LogP contribution in [0.2, 0.25) is 0 Å². The van der Waals surface area contributed by atoms with E-state index in [1.54, 1.807) is 6.92 Å². The number of carbonyl (C=O) groups excluding carboxylic acids is 1. The predicted octanol–water partition coefficient (Wildman–Crippen LogP) is 1.30. The molecule has 0 aromatic heterocycles. The summed E-state index contributed by atoms with van der Waals surface area (Å²) in [4.78, 5) is 11.0.